The van der Waals surface area contributed by atoms with Gasteiger partial charge in [0.25, 0.3) is 0 Å². The highest BCUT2D eigenvalue weighted by Gasteiger charge is 2.31. The highest BCUT2D eigenvalue weighted by molar-refractivity contribution is 6.27. The molecule has 0 aromatic rings. The predicted molar refractivity (Wildman–Crippen MR) is 50.1 cm³/mol. The van der Waals surface area contributed by atoms with Crippen LogP contribution >= 0.6 is 0 Å². The Labute approximate surface area is 87.2 Å². The summed E-state index contributed by atoms with van der Waals surface area (Å²) in [6, 6.07) is -0.920. The van der Waals surface area contributed by atoms with Crippen LogP contribution in [0.5, 0.6) is 0 Å². The zero-order valence-corrected chi connectivity index (χ0v) is 8.47. The normalized spacial score (nSPS) is 22.6. The van der Waals surface area contributed by atoms with E-state index in [4.69, 9.17) is 0 Å². The Kier molecular flexibility index (Phi) is 3.93. The molecule has 2 unspecified atom stereocenters. The fourth-order valence-electron chi connectivity index (χ4n) is 1.67. The van der Waals surface area contributed by atoms with Crippen LogP contribution in [0.25, 0.3) is 0 Å². The number of Topliss-reactive ketones (excluding diaryl/α,β-unsaturated/α-hetero) is 1. The molecular formula is C9H14N2O4. The second kappa shape index (κ2) is 4.99. The zero-order valence-electron chi connectivity index (χ0n) is 8.47. The Morgan fingerprint density at radius 1 is 1.80 bits per heavy atom. The van der Waals surface area contributed by atoms with Crippen molar-refractivity contribution in [2.24, 2.45) is 5.92 Å². The molecule has 0 aliphatic carbocycles. The van der Waals surface area contributed by atoms with E-state index in [1.165, 1.54) is 7.05 Å². The number of carbonyl (C=O) groups is 3. The Morgan fingerprint density at radius 2 is 2.47 bits per heavy atom. The van der Waals surface area contributed by atoms with Crippen LogP contribution in [-0.2, 0) is 14.4 Å². The van der Waals surface area contributed by atoms with Gasteiger partial charge in [-0.25, -0.2) is 0 Å². The number of nitrogens with one attached hydrogen (secondary N) is 1. The first-order valence-corrected chi connectivity index (χ1v) is 4.74. The van der Waals surface area contributed by atoms with Gasteiger partial charge in [0, 0.05) is 19.5 Å². The van der Waals surface area contributed by atoms with E-state index in [2.05, 4.69) is 5.32 Å². The summed E-state index contributed by atoms with van der Waals surface area (Å²) in [6.07, 6.45) is 0.982. The molecule has 1 heterocycles. The summed E-state index contributed by atoms with van der Waals surface area (Å²) in [5, 5.41) is 12.5. The molecule has 2 N–H and O–H groups in total. The van der Waals surface area contributed by atoms with E-state index in [0.29, 0.717) is 18.0 Å². The number of amides is 1. The maximum absolute atomic E-state index is 11.2. The number of likely N-dealkylation sites (N-methyl/N-ethyl adjacent to an activating group) is 1. The first kappa shape index (κ1) is 11.8. The van der Waals surface area contributed by atoms with Gasteiger partial charge in [-0.05, 0) is 12.8 Å². The molecule has 15 heavy (non-hydrogen) atoms. The van der Waals surface area contributed by atoms with Crippen LogP contribution in [0.3, 0.4) is 0 Å². The standard InChI is InChI=1S/C9H14N2O4/c1-11(15)7(8(13)5-12)4-6-2-3-10-9(6)14/h5-7,15H,2-4H2,1H3,(H,10,14). The highest BCUT2D eigenvalue weighted by Crippen LogP contribution is 2.18. The summed E-state index contributed by atoms with van der Waals surface area (Å²) >= 11 is 0. The van der Waals surface area contributed by atoms with Crippen molar-refractivity contribution in [1.29, 1.82) is 0 Å². The molecule has 0 saturated carbocycles. The number of hydrogen-bond donors (Lipinski definition) is 2. The number of nitrogens with zero attached hydrogens (tertiary/aromatic N) is 1. The van der Waals surface area contributed by atoms with Crippen molar-refractivity contribution in [2.75, 3.05) is 13.6 Å². The largest absolute Gasteiger partial charge is 0.356 e. The molecule has 6 heteroatoms. The van der Waals surface area contributed by atoms with Gasteiger partial charge < -0.3 is 10.5 Å². The molecule has 0 aromatic heterocycles. The van der Waals surface area contributed by atoms with Crippen LogP contribution in [0.2, 0.25) is 0 Å². The Balaban J connectivity index is 2.62. The van der Waals surface area contributed by atoms with Crippen molar-refractivity contribution < 1.29 is 19.6 Å². The zero-order chi connectivity index (χ0) is 11.4. The van der Waals surface area contributed by atoms with Gasteiger partial charge in [-0.3, -0.25) is 14.4 Å². The third-order valence-electron chi connectivity index (χ3n) is 2.57. The highest BCUT2D eigenvalue weighted by atomic mass is 16.5. The molecule has 1 fully saturated rings. The SMILES string of the molecule is CN(O)C(CC1CCNC1=O)C(=O)C=O. The van der Waals surface area contributed by atoms with Gasteiger partial charge in [0.1, 0.15) is 6.04 Å². The minimum absolute atomic E-state index is 0.124. The van der Waals surface area contributed by atoms with Crippen molar-refractivity contribution in [3.63, 3.8) is 0 Å². The number of hydroxylamine groups is 2. The number of aldehydes is 1. The van der Waals surface area contributed by atoms with Crippen LogP contribution < -0.4 is 5.32 Å². The third-order valence-corrected chi connectivity index (χ3v) is 2.57. The second-order valence-electron chi connectivity index (χ2n) is 3.62. The Morgan fingerprint density at radius 3 is 2.87 bits per heavy atom. The van der Waals surface area contributed by atoms with Gasteiger partial charge in [0.15, 0.2) is 6.29 Å². The lowest BCUT2D eigenvalue weighted by Gasteiger charge is -2.20. The van der Waals surface area contributed by atoms with Gasteiger partial charge >= 0.3 is 0 Å². The minimum Gasteiger partial charge on any atom is -0.356 e. The van der Waals surface area contributed by atoms with Gasteiger partial charge in [-0.15, -0.1) is 0 Å². The van der Waals surface area contributed by atoms with E-state index >= 15 is 0 Å². The smallest absolute Gasteiger partial charge is 0.223 e. The topological polar surface area (TPSA) is 86.7 Å². The fourth-order valence-corrected chi connectivity index (χ4v) is 1.67. The second-order valence-corrected chi connectivity index (χ2v) is 3.62. The first-order valence-electron chi connectivity index (χ1n) is 4.74. The van der Waals surface area contributed by atoms with Crippen molar-refractivity contribution in [2.45, 2.75) is 18.9 Å². The van der Waals surface area contributed by atoms with Crippen LogP contribution in [0.4, 0.5) is 0 Å². The quantitative estimate of drug-likeness (QED) is 0.347. The average Bonchev–Trinajstić information content (AvgIpc) is 2.59. The maximum atomic E-state index is 11.2. The van der Waals surface area contributed by atoms with Crippen molar-refractivity contribution in [3.8, 4) is 0 Å². The number of ketones is 1. The van der Waals surface area contributed by atoms with E-state index in [1.54, 1.807) is 0 Å². The summed E-state index contributed by atoms with van der Waals surface area (Å²) < 4.78 is 0. The van der Waals surface area contributed by atoms with E-state index in [9.17, 15) is 19.6 Å². The average molecular weight is 214 g/mol. The molecule has 0 aromatic carbocycles. The molecule has 2 atom stereocenters. The molecule has 1 aliphatic rings. The molecular weight excluding hydrogens is 200 g/mol. The summed E-state index contributed by atoms with van der Waals surface area (Å²) in [5.74, 6) is -1.13. The van der Waals surface area contributed by atoms with Crippen LogP contribution in [-0.4, -0.2) is 47.9 Å². The molecule has 0 radical (unpaired) electrons. The summed E-state index contributed by atoms with van der Waals surface area (Å²) in [4.78, 5) is 32.7. The first-order chi connectivity index (χ1) is 7.06. The van der Waals surface area contributed by atoms with E-state index < -0.39 is 11.8 Å². The summed E-state index contributed by atoms with van der Waals surface area (Å²) in [6.45, 7) is 0.584. The fraction of sp³-hybridized carbons (Fsp3) is 0.667. The van der Waals surface area contributed by atoms with E-state index in [-0.39, 0.29) is 24.5 Å². The monoisotopic (exact) mass is 214 g/mol. The van der Waals surface area contributed by atoms with Crippen LogP contribution in [0, 0.1) is 5.92 Å². The number of hydrogen-bond acceptors (Lipinski definition) is 5. The van der Waals surface area contributed by atoms with Crippen LogP contribution in [0.1, 0.15) is 12.8 Å². The molecule has 84 valence electrons. The van der Waals surface area contributed by atoms with Gasteiger partial charge in [-0.2, -0.15) is 5.06 Å². The predicted octanol–water partition coefficient (Wildman–Crippen LogP) is -1.03. The lowest BCUT2D eigenvalue weighted by Crippen LogP contribution is -2.39. The van der Waals surface area contributed by atoms with E-state index in [0.717, 1.165) is 0 Å². The molecule has 1 amide bonds. The molecule has 1 saturated heterocycles. The number of carbonyl (C=O) groups excluding carboxylic acids is 3. The van der Waals surface area contributed by atoms with Gasteiger partial charge in [0.2, 0.25) is 11.7 Å². The van der Waals surface area contributed by atoms with Gasteiger partial charge in [-0.1, -0.05) is 0 Å². The number of rotatable bonds is 5. The van der Waals surface area contributed by atoms with E-state index in [1.807, 2.05) is 0 Å². The molecule has 1 rings (SSSR count). The van der Waals surface area contributed by atoms with Crippen molar-refractivity contribution in [3.05, 3.63) is 0 Å². The molecule has 6 nitrogen and oxygen atoms in total. The molecule has 0 spiro atoms. The minimum atomic E-state index is -0.920. The summed E-state index contributed by atoms with van der Waals surface area (Å²) in [7, 11) is 1.29. The van der Waals surface area contributed by atoms with Crippen molar-refractivity contribution in [1.82, 2.24) is 10.4 Å². The van der Waals surface area contributed by atoms with Crippen LogP contribution in [0.15, 0.2) is 0 Å². The maximum Gasteiger partial charge on any atom is 0.223 e. The summed E-state index contributed by atoms with van der Waals surface area (Å²) in [5.41, 5.74) is 0. The Bertz CT molecular complexity index is 277. The lowest BCUT2D eigenvalue weighted by molar-refractivity contribution is -0.151. The van der Waals surface area contributed by atoms with Crippen molar-refractivity contribution >= 4 is 18.0 Å². The Hall–Kier alpha value is -1.27. The molecule has 1 aliphatic heterocycles. The van der Waals surface area contributed by atoms with Gasteiger partial charge in [0.05, 0.1) is 0 Å². The molecule has 0 bridgehead atoms. The lowest BCUT2D eigenvalue weighted by atomic mass is 9.96. The third kappa shape index (κ3) is 2.84.